The van der Waals surface area contributed by atoms with Gasteiger partial charge in [-0.3, -0.25) is 19.3 Å². The highest BCUT2D eigenvalue weighted by Crippen LogP contribution is 2.21. The van der Waals surface area contributed by atoms with Crippen molar-refractivity contribution in [3.63, 3.8) is 0 Å². The Bertz CT molecular complexity index is 1040. The number of nitrogens with zero attached hydrogens (tertiary/aromatic N) is 6. The van der Waals surface area contributed by atoms with Gasteiger partial charge in [-0.25, -0.2) is 4.68 Å². The summed E-state index contributed by atoms with van der Waals surface area (Å²) in [6.07, 6.45) is 5.15. The number of hydrogen-bond acceptors (Lipinski definition) is 5. The van der Waals surface area contributed by atoms with Crippen molar-refractivity contribution in [3.8, 4) is 11.3 Å². The molecular formula is C20H22N6O2. The Labute approximate surface area is 162 Å². The first-order chi connectivity index (χ1) is 13.5. The summed E-state index contributed by atoms with van der Waals surface area (Å²) >= 11 is 0. The molecule has 0 aromatic carbocycles. The molecule has 144 valence electrons. The molecule has 8 nitrogen and oxygen atoms in total. The van der Waals surface area contributed by atoms with Crippen molar-refractivity contribution < 1.29 is 4.79 Å². The van der Waals surface area contributed by atoms with E-state index >= 15 is 0 Å². The summed E-state index contributed by atoms with van der Waals surface area (Å²) in [5, 5.41) is 8.80. The smallest absolute Gasteiger partial charge is 0.274 e. The van der Waals surface area contributed by atoms with Crippen LogP contribution in [-0.4, -0.2) is 47.9 Å². The first-order valence-corrected chi connectivity index (χ1v) is 9.33. The van der Waals surface area contributed by atoms with E-state index in [9.17, 15) is 9.59 Å². The molecule has 1 unspecified atom stereocenters. The number of aryl methyl sites for hydroxylation is 2. The third kappa shape index (κ3) is 3.45. The molecule has 28 heavy (non-hydrogen) atoms. The van der Waals surface area contributed by atoms with E-state index in [-0.39, 0.29) is 17.5 Å². The fraction of sp³-hybridized carbons (Fsp3) is 0.350. The van der Waals surface area contributed by atoms with Gasteiger partial charge in [0.05, 0.1) is 18.3 Å². The van der Waals surface area contributed by atoms with Crippen LogP contribution in [0.5, 0.6) is 0 Å². The third-order valence-corrected chi connectivity index (χ3v) is 5.18. The topological polar surface area (TPSA) is 85.9 Å². The van der Waals surface area contributed by atoms with Crippen LogP contribution in [0.15, 0.2) is 47.5 Å². The van der Waals surface area contributed by atoms with Crippen LogP contribution in [0.4, 0.5) is 0 Å². The summed E-state index contributed by atoms with van der Waals surface area (Å²) in [5.74, 6) is -0.0948. The van der Waals surface area contributed by atoms with Crippen molar-refractivity contribution in [1.82, 2.24) is 29.4 Å². The summed E-state index contributed by atoms with van der Waals surface area (Å²) in [6.45, 7) is 2.94. The van der Waals surface area contributed by atoms with E-state index in [0.717, 1.165) is 24.1 Å². The van der Waals surface area contributed by atoms with Gasteiger partial charge in [-0.1, -0.05) is 0 Å². The highest BCUT2D eigenvalue weighted by atomic mass is 16.2. The van der Waals surface area contributed by atoms with Gasteiger partial charge >= 0.3 is 0 Å². The van der Waals surface area contributed by atoms with Crippen LogP contribution in [0.3, 0.4) is 0 Å². The fourth-order valence-corrected chi connectivity index (χ4v) is 3.55. The second-order valence-electron chi connectivity index (χ2n) is 7.07. The van der Waals surface area contributed by atoms with E-state index in [4.69, 9.17) is 0 Å². The standard InChI is InChI=1S/C20H22N6O2/c1-14-11-18(22-24(14)2)20(28)25-10-4-6-16(25)13-26-19(27)8-7-17(23-26)15-5-3-9-21-12-15/h3,5,7-9,11-12,16H,4,6,10,13H2,1-2H3. The van der Waals surface area contributed by atoms with Crippen LogP contribution in [0.25, 0.3) is 11.3 Å². The van der Waals surface area contributed by atoms with Gasteiger partial charge in [0.25, 0.3) is 11.5 Å². The SMILES string of the molecule is Cc1cc(C(=O)N2CCCC2Cn2nc(-c3cccnc3)ccc2=O)nn1C. The van der Waals surface area contributed by atoms with Crippen molar-refractivity contribution >= 4 is 5.91 Å². The van der Waals surface area contributed by atoms with Gasteiger partial charge in [0, 0.05) is 43.3 Å². The Morgan fingerprint density at radius 2 is 2.11 bits per heavy atom. The maximum atomic E-state index is 12.9. The zero-order chi connectivity index (χ0) is 19.7. The molecule has 4 rings (SSSR count). The molecule has 1 aliphatic rings. The maximum absolute atomic E-state index is 12.9. The van der Waals surface area contributed by atoms with Gasteiger partial charge in [-0.05, 0) is 44.0 Å². The van der Waals surface area contributed by atoms with Crippen LogP contribution in [0, 0.1) is 6.92 Å². The third-order valence-electron chi connectivity index (χ3n) is 5.18. The van der Waals surface area contributed by atoms with Crippen molar-refractivity contribution in [2.75, 3.05) is 6.54 Å². The molecule has 8 heteroatoms. The quantitative estimate of drug-likeness (QED) is 0.689. The van der Waals surface area contributed by atoms with E-state index in [0.29, 0.717) is 24.5 Å². The zero-order valence-electron chi connectivity index (χ0n) is 15.9. The predicted octanol–water partition coefficient (Wildman–Crippen LogP) is 1.65. The van der Waals surface area contributed by atoms with Crippen LogP contribution >= 0.6 is 0 Å². The Morgan fingerprint density at radius 3 is 2.82 bits per heavy atom. The monoisotopic (exact) mass is 378 g/mol. The van der Waals surface area contributed by atoms with E-state index in [2.05, 4.69) is 15.2 Å². The number of pyridine rings is 1. The average molecular weight is 378 g/mol. The van der Waals surface area contributed by atoms with E-state index in [1.165, 1.54) is 10.7 Å². The minimum atomic E-state index is -0.180. The number of rotatable bonds is 4. The molecule has 0 bridgehead atoms. The number of carbonyl (C=O) groups is 1. The fourth-order valence-electron chi connectivity index (χ4n) is 3.55. The highest BCUT2D eigenvalue weighted by Gasteiger charge is 2.31. The molecule has 1 atom stereocenters. The van der Waals surface area contributed by atoms with Gasteiger partial charge in [0.2, 0.25) is 0 Å². The van der Waals surface area contributed by atoms with E-state index in [1.54, 1.807) is 29.2 Å². The van der Waals surface area contributed by atoms with Crippen molar-refractivity contribution in [3.05, 3.63) is 64.5 Å². The normalized spacial score (nSPS) is 16.5. The lowest BCUT2D eigenvalue weighted by Crippen LogP contribution is -2.40. The molecule has 0 N–H and O–H groups in total. The Morgan fingerprint density at radius 1 is 1.25 bits per heavy atom. The molecule has 0 aliphatic carbocycles. The lowest BCUT2D eigenvalue weighted by Gasteiger charge is -2.24. The van der Waals surface area contributed by atoms with Crippen LogP contribution in [0.1, 0.15) is 29.0 Å². The molecule has 4 heterocycles. The summed E-state index contributed by atoms with van der Waals surface area (Å²) in [7, 11) is 1.82. The van der Waals surface area contributed by atoms with Crippen molar-refractivity contribution in [1.29, 1.82) is 0 Å². The number of hydrogen-bond donors (Lipinski definition) is 0. The maximum Gasteiger partial charge on any atom is 0.274 e. The summed E-state index contributed by atoms with van der Waals surface area (Å²) < 4.78 is 3.14. The molecule has 3 aromatic heterocycles. The molecule has 1 aliphatic heterocycles. The molecule has 1 amide bonds. The van der Waals surface area contributed by atoms with Gasteiger partial charge in [-0.15, -0.1) is 0 Å². The van der Waals surface area contributed by atoms with Crippen molar-refractivity contribution in [2.45, 2.75) is 32.4 Å². The van der Waals surface area contributed by atoms with E-state index < -0.39 is 0 Å². The summed E-state index contributed by atoms with van der Waals surface area (Å²) in [5.41, 5.74) is 2.72. The van der Waals surface area contributed by atoms with Crippen molar-refractivity contribution in [2.24, 2.45) is 7.05 Å². The molecule has 1 fully saturated rings. The first-order valence-electron chi connectivity index (χ1n) is 9.33. The Kier molecular flexibility index (Phi) is 4.77. The Hall–Kier alpha value is -3.29. The molecule has 0 radical (unpaired) electrons. The van der Waals surface area contributed by atoms with Crippen LogP contribution in [0.2, 0.25) is 0 Å². The predicted molar refractivity (Wildman–Crippen MR) is 104 cm³/mol. The number of likely N-dealkylation sites (tertiary alicyclic amines) is 1. The lowest BCUT2D eigenvalue weighted by molar-refractivity contribution is 0.0713. The lowest BCUT2D eigenvalue weighted by atomic mass is 10.2. The largest absolute Gasteiger partial charge is 0.332 e. The summed E-state index contributed by atoms with van der Waals surface area (Å²) in [6, 6.07) is 8.66. The van der Waals surface area contributed by atoms with Crippen LogP contribution in [-0.2, 0) is 13.6 Å². The highest BCUT2D eigenvalue weighted by molar-refractivity contribution is 5.92. The van der Waals surface area contributed by atoms with E-state index in [1.807, 2.05) is 31.0 Å². The molecular weight excluding hydrogens is 356 g/mol. The molecule has 0 saturated carbocycles. The molecule has 0 spiro atoms. The Balaban J connectivity index is 1.58. The minimum Gasteiger partial charge on any atom is -0.332 e. The number of aromatic nitrogens is 5. The molecule has 1 saturated heterocycles. The molecule has 3 aromatic rings. The van der Waals surface area contributed by atoms with Gasteiger partial charge in [-0.2, -0.15) is 10.2 Å². The first kappa shape index (κ1) is 18.1. The zero-order valence-corrected chi connectivity index (χ0v) is 15.9. The minimum absolute atomic E-state index is 0.0795. The van der Waals surface area contributed by atoms with Gasteiger partial charge < -0.3 is 4.90 Å². The average Bonchev–Trinajstić information content (AvgIpc) is 3.30. The second-order valence-corrected chi connectivity index (χ2v) is 7.07. The second kappa shape index (κ2) is 7.38. The van der Waals surface area contributed by atoms with Gasteiger partial charge in [0.1, 0.15) is 0 Å². The summed E-state index contributed by atoms with van der Waals surface area (Å²) in [4.78, 5) is 31.2. The van der Waals surface area contributed by atoms with Crippen LogP contribution < -0.4 is 5.56 Å². The number of amides is 1. The number of carbonyl (C=O) groups excluding carboxylic acids is 1. The van der Waals surface area contributed by atoms with Gasteiger partial charge in [0.15, 0.2) is 5.69 Å².